The van der Waals surface area contributed by atoms with Crippen LogP contribution in [0.3, 0.4) is 0 Å². The van der Waals surface area contributed by atoms with Crippen molar-refractivity contribution in [2.45, 2.75) is 6.92 Å². The quantitative estimate of drug-likeness (QED) is 0.780. The Bertz CT molecular complexity index is 704. The molecule has 19 heavy (non-hydrogen) atoms. The largest absolute Gasteiger partial charge is 0.492 e. The summed E-state index contributed by atoms with van der Waals surface area (Å²) >= 11 is 0. The zero-order valence-electron chi connectivity index (χ0n) is 10.7. The van der Waals surface area contributed by atoms with E-state index in [4.69, 9.17) is 10.5 Å². The Morgan fingerprint density at radius 3 is 2.63 bits per heavy atom. The number of hydrogen-bond donors (Lipinski definition) is 1. The molecule has 3 rings (SSSR count). The zero-order chi connectivity index (χ0) is 13.2. The highest BCUT2D eigenvalue weighted by Crippen LogP contribution is 2.29. The Labute approximate surface area is 111 Å². The molecule has 1 heterocycles. The Morgan fingerprint density at radius 1 is 1.11 bits per heavy atom. The van der Waals surface area contributed by atoms with Crippen LogP contribution in [0.25, 0.3) is 16.7 Å². The normalized spacial score (nSPS) is 10.8. The van der Waals surface area contributed by atoms with E-state index < -0.39 is 0 Å². The van der Waals surface area contributed by atoms with Crippen molar-refractivity contribution in [3.05, 3.63) is 48.5 Å². The minimum absolute atomic E-state index is 0.466. The number of hydrogen-bond acceptors (Lipinski definition) is 3. The molecular formula is C15H15N3O. The topological polar surface area (TPSA) is 53.1 Å². The Hall–Kier alpha value is -2.49. The SMILES string of the molecule is CCOc1cccc2c1nc(N)n2-c1ccccc1. The van der Waals surface area contributed by atoms with Crippen LogP contribution >= 0.6 is 0 Å². The number of para-hydroxylation sites is 2. The van der Waals surface area contributed by atoms with Crippen molar-refractivity contribution in [1.29, 1.82) is 0 Å². The Balaban J connectivity index is 2.26. The number of nitrogens with zero attached hydrogens (tertiary/aromatic N) is 2. The third-order valence-electron chi connectivity index (χ3n) is 2.99. The number of fused-ring (bicyclic) bond motifs is 1. The fourth-order valence-corrected chi connectivity index (χ4v) is 2.21. The fourth-order valence-electron chi connectivity index (χ4n) is 2.21. The molecule has 0 aliphatic carbocycles. The predicted octanol–water partition coefficient (Wildman–Crippen LogP) is 3.01. The molecule has 0 saturated carbocycles. The second-order valence-electron chi connectivity index (χ2n) is 4.20. The van der Waals surface area contributed by atoms with Gasteiger partial charge >= 0.3 is 0 Å². The highest BCUT2D eigenvalue weighted by molar-refractivity contribution is 5.86. The molecule has 0 unspecified atom stereocenters. The van der Waals surface area contributed by atoms with Gasteiger partial charge < -0.3 is 10.5 Å². The third kappa shape index (κ3) is 1.91. The van der Waals surface area contributed by atoms with Crippen LogP contribution in [0.4, 0.5) is 5.95 Å². The maximum atomic E-state index is 6.05. The number of benzene rings is 2. The van der Waals surface area contributed by atoms with Crippen LogP contribution in [0, 0.1) is 0 Å². The van der Waals surface area contributed by atoms with E-state index in [9.17, 15) is 0 Å². The van der Waals surface area contributed by atoms with Gasteiger partial charge in [0.1, 0.15) is 11.3 Å². The van der Waals surface area contributed by atoms with Crippen LogP contribution in [0.5, 0.6) is 5.75 Å². The number of nitrogen functional groups attached to an aromatic ring is 1. The molecule has 96 valence electrons. The second-order valence-corrected chi connectivity index (χ2v) is 4.20. The molecule has 3 aromatic rings. The smallest absolute Gasteiger partial charge is 0.206 e. The van der Waals surface area contributed by atoms with Gasteiger partial charge in [0, 0.05) is 5.69 Å². The van der Waals surface area contributed by atoms with E-state index in [1.54, 1.807) is 0 Å². The van der Waals surface area contributed by atoms with E-state index in [0.29, 0.717) is 12.6 Å². The van der Waals surface area contributed by atoms with Crippen LogP contribution in [0.15, 0.2) is 48.5 Å². The molecule has 0 amide bonds. The second kappa shape index (κ2) is 4.65. The van der Waals surface area contributed by atoms with Crippen molar-refractivity contribution in [3.63, 3.8) is 0 Å². The van der Waals surface area contributed by atoms with Gasteiger partial charge in [0.05, 0.1) is 12.1 Å². The molecule has 4 nitrogen and oxygen atoms in total. The van der Waals surface area contributed by atoms with Crippen molar-refractivity contribution < 1.29 is 4.74 Å². The molecule has 0 aliphatic heterocycles. The first-order valence-corrected chi connectivity index (χ1v) is 6.26. The molecule has 0 bridgehead atoms. The van der Waals surface area contributed by atoms with Gasteiger partial charge in [-0.3, -0.25) is 4.57 Å². The molecule has 0 spiro atoms. The van der Waals surface area contributed by atoms with Gasteiger partial charge in [-0.2, -0.15) is 0 Å². The zero-order valence-corrected chi connectivity index (χ0v) is 10.7. The summed E-state index contributed by atoms with van der Waals surface area (Å²) in [5.41, 5.74) is 8.79. The summed E-state index contributed by atoms with van der Waals surface area (Å²) in [6, 6.07) is 15.8. The van der Waals surface area contributed by atoms with Crippen molar-refractivity contribution in [3.8, 4) is 11.4 Å². The Morgan fingerprint density at radius 2 is 1.89 bits per heavy atom. The lowest BCUT2D eigenvalue weighted by atomic mass is 10.2. The molecular weight excluding hydrogens is 238 g/mol. The third-order valence-corrected chi connectivity index (χ3v) is 2.99. The van der Waals surface area contributed by atoms with Gasteiger partial charge in [-0.15, -0.1) is 0 Å². The molecule has 4 heteroatoms. The number of aromatic nitrogens is 2. The maximum Gasteiger partial charge on any atom is 0.206 e. The first-order chi connectivity index (χ1) is 9.31. The highest BCUT2D eigenvalue weighted by Gasteiger charge is 2.13. The summed E-state index contributed by atoms with van der Waals surface area (Å²) in [4.78, 5) is 4.42. The van der Waals surface area contributed by atoms with Crippen LogP contribution in [0.1, 0.15) is 6.92 Å². The van der Waals surface area contributed by atoms with E-state index >= 15 is 0 Å². The van der Waals surface area contributed by atoms with Gasteiger partial charge in [-0.1, -0.05) is 24.3 Å². The molecule has 0 radical (unpaired) electrons. The molecule has 0 aliphatic rings. The first kappa shape index (κ1) is 11.6. The van der Waals surface area contributed by atoms with Gasteiger partial charge in [0.15, 0.2) is 0 Å². The van der Waals surface area contributed by atoms with Crippen molar-refractivity contribution in [1.82, 2.24) is 9.55 Å². The standard InChI is InChI=1S/C15H15N3O/c1-2-19-13-10-6-9-12-14(13)17-15(16)18(12)11-7-4-3-5-8-11/h3-10H,2H2,1H3,(H2,16,17). The molecule has 0 saturated heterocycles. The number of anilines is 1. The summed E-state index contributed by atoms with van der Waals surface area (Å²) in [6.07, 6.45) is 0. The van der Waals surface area contributed by atoms with E-state index in [0.717, 1.165) is 22.5 Å². The number of nitrogens with two attached hydrogens (primary N) is 1. The summed E-state index contributed by atoms with van der Waals surface area (Å²) in [7, 11) is 0. The summed E-state index contributed by atoms with van der Waals surface area (Å²) in [5.74, 6) is 1.23. The molecule has 0 atom stereocenters. The molecule has 0 fully saturated rings. The number of rotatable bonds is 3. The van der Waals surface area contributed by atoms with Crippen LogP contribution < -0.4 is 10.5 Å². The Kier molecular flexibility index (Phi) is 2.83. The highest BCUT2D eigenvalue weighted by atomic mass is 16.5. The summed E-state index contributed by atoms with van der Waals surface area (Å²) in [5, 5.41) is 0. The predicted molar refractivity (Wildman–Crippen MR) is 76.7 cm³/mol. The monoisotopic (exact) mass is 253 g/mol. The lowest BCUT2D eigenvalue weighted by Crippen LogP contribution is -1.99. The van der Waals surface area contributed by atoms with Crippen molar-refractivity contribution in [2.75, 3.05) is 12.3 Å². The average Bonchev–Trinajstić information content (AvgIpc) is 2.77. The fraction of sp³-hybridized carbons (Fsp3) is 0.133. The van der Waals surface area contributed by atoms with Crippen molar-refractivity contribution >= 4 is 17.0 Å². The average molecular weight is 253 g/mol. The van der Waals surface area contributed by atoms with Crippen LogP contribution in [-0.2, 0) is 0 Å². The van der Waals surface area contributed by atoms with Gasteiger partial charge in [0.2, 0.25) is 5.95 Å². The number of imidazole rings is 1. The minimum atomic E-state index is 0.466. The molecule has 2 aromatic carbocycles. The van der Waals surface area contributed by atoms with Crippen LogP contribution in [0.2, 0.25) is 0 Å². The number of ether oxygens (including phenoxy) is 1. The lowest BCUT2D eigenvalue weighted by Gasteiger charge is -2.07. The summed E-state index contributed by atoms with van der Waals surface area (Å²) < 4.78 is 7.52. The lowest BCUT2D eigenvalue weighted by molar-refractivity contribution is 0.344. The summed E-state index contributed by atoms with van der Waals surface area (Å²) in [6.45, 7) is 2.56. The van der Waals surface area contributed by atoms with E-state index in [-0.39, 0.29) is 0 Å². The minimum Gasteiger partial charge on any atom is -0.492 e. The van der Waals surface area contributed by atoms with E-state index in [1.165, 1.54) is 0 Å². The van der Waals surface area contributed by atoms with E-state index in [2.05, 4.69) is 4.98 Å². The van der Waals surface area contributed by atoms with Gasteiger partial charge in [0.25, 0.3) is 0 Å². The van der Waals surface area contributed by atoms with Crippen molar-refractivity contribution in [2.24, 2.45) is 0 Å². The maximum absolute atomic E-state index is 6.05. The molecule has 2 N–H and O–H groups in total. The van der Waals surface area contributed by atoms with E-state index in [1.807, 2.05) is 60.0 Å². The van der Waals surface area contributed by atoms with Gasteiger partial charge in [-0.05, 0) is 31.2 Å². The van der Waals surface area contributed by atoms with Gasteiger partial charge in [-0.25, -0.2) is 4.98 Å². The van der Waals surface area contributed by atoms with Crippen LogP contribution in [-0.4, -0.2) is 16.2 Å². The molecule has 1 aromatic heterocycles. The first-order valence-electron chi connectivity index (χ1n) is 6.26.